The molecule has 15 heteroatoms. The molecule has 0 aliphatic carbocycles. The van der Waals surface area contributed by atoms with E-state index in [1.54, 1.807) is 19.9 Å². The minimum atomic E-state index is -1.88. The number of hydrogen-bond acceptors (Lipinski definition) is 13. The molecule has 3 atom stereocenters. The zero-order valence-electron chi connectivity index (χ0n) is 21.0. The van der Waals surface area contributed by atoms with E-state index in [4.69, 9.17) is 35.9 Å². The highest BCUT2D eigenvalue weighted by molar-refractivity contribution is 7.80. The third kappa shape index (κ3) is 10.9. The molecule has 0 aliphatic rings. The Morgan fingerprint density at radius 2 is 1.51 bits per heavy atom. The molecule has 3 unspecified atom stereocenters. The number of aryl methyl sites for hydroxylation is 1. The summed E-state index contributed by atoms with van der Waals surface area (Å²) in [6.45, 7) is 7.06. The van der Waals surface area contributed by atoms with Crippen molar-refractivity contribution in [2.24, 2.45) is 0 Å². The molecule has 1 aromatic rings. The van der Waals surface area contributed by atoms with Crippen LogP contribution in [0.1, 0.15) is 49.9 Å². The first-order valence-corrected chi connectivity index (χ1v) is 12.0. The lowest BCUT2D eigenvalue weighted by Gasteiger charge is -2.30. The molecule has 0 aliphatic heterocycles. The summed E-state index contributed by atoms with van der Waals surface area (Å²) in [4.78, 5) is 72.6. The Bertz CT molecular complexity index is 1050. The molecule has 37 heavy (non-hydrogen) atoms. The molecule has 0 spiro atoms. The average Bonchev–Trinajstić information content (AvgIpc) is 3.12. The maximum absolute atomic E-state index is 13.1. The molecule has 204 valence electrons. The lowest BCUT2D eigenvalue weighted by Crippen LogP contribution is -2.55. The fourth-order valence-electron chi connectivity index (χ4n) is 2.87. The molecule has 1 heterocycles. The van der Waals surface area contributed by atoms with Crippen molar-refractivity contribution < 1.29 is 52.5 Å². The Hall–Kier alpha value is -3.59. The number of thiocarbonyl (C=S) groups is 1. The number of hydrogen-bond donors (Lipinski definition) is 2. The van der Waals surface area contributed by atoms with Gasteiger partial charge in [0.05, 0.1) is 12.2 Å². The molecule has 0 aromatic carbocycles. The van der Waals surface area contributed by atoms with Crippen LogP contribution < -0.4 is 10.6 Å². The van der Waals surface area contributed by atoms with Gasteiger partial charge in [-0.3, -0.25) is 29.3 Å². The van der Waals surface area contributed by atoms with Gasteiger partial charge in [0.15, 0.2) is 17.3 Å². The Morgan fingerprint density at radius 1 is 0.919 bits per heavy atom. The predicted molar refractivity (Wildman–Crippen MR) is 133 cm³/mol. The van der Waals surface area contributed by atoms with Crippen molar-refractivity contribution in [3.05, 3.63) is 16.5 Å². The number of esters is 5. The van der Waals surface area contributed by atoms with Gasteiger partial charge in [0.25, 0.3) is 5.91 Å². The van der Waals surface area contributed by atoms with Gasteiger partial charge in [0.1, 0.15) is 11.6 Å². The third-order valence-corrected chi connectivity index (χ3v) is 5.27. The average molecular weight is 561 g/mol. The standard InChI is InChI=1S/C22H28N2O11S2/c1-7-31-21(30)15-8-10(2)37-20(15)24-22(36)23-19(29)18(35-14(6)28)17(34-13(5)27)16(33-12(4)26)9-32-11(3)25/h8,16-18H,7,9H2,1-6H3,(H2,23,24,29,36). The Labute approximate surface area is 222 Å². The number of amides is 1. The number of carbonyl (C=O) groups excluding carboxylic acids is 6. The Morgan fingerprint density at radius 3 is 2.03 bits per heavy atom. The van der Waals surface area contributed by atoms with Gasteiger partial charge >= 0.3 is 29.8 Å². The van der Waals surface area contributed by atoms with Gasteiger partial charge in [0, 0.05) is 32.6 Å². The van der Waals surface area contributed by atoms with E-state index in [1.165, 1.54) is 11.3 Å². The largest absolute Gasteiger partial charge is 0.462 e. The summed E-state index contributed by atoms with van der Waals surface area (Å²) in [6, 6.07) is 1.58. The van der Waals surface area contributed by atoms with Crippen molar-refractivity contribution in [3.63, 3.8) is 0 Å². The molecule has 1 rings (SSSR count). The van der Waals surface area contributed by atoms with Gasteiger partial charge in [-0.2, -0.15) is 0 Å². The number of nitrogens with one attached hydrogen (secondary N) is 2. The number of ether oxygens (including phenoxy) is 5. The summed E-state index contributed by atoms with van der Waals surface area (Å²) in [5.74, 6) is -5.13. The van der Waals surface area contributed by atoms with E-state index in [0.29, 0.717) is 0 Å². The highest BCUT2D eigenvalue weighted by Crippen LogP contribution is 2.28. The summed E-state index contributed by atoms with van der Waals surface area (Å²) in [6.07, 6.45) is -5.11. The zero-order valence-corrected chi connectivity index (χ0v) is 22.7. The van der Waals surface area contributed by atoms with Gasteiger partial charge < -0.3 is 29.0 Å². The molecular weight excluding hydrogens is 532 g/mol. The highest BCUT2D eigenvalue weighted by Gasteiger charge is 2.42. The number of thiophene rings is 1. The van der Waals surface area contributed by atoms with Gasteiger partial charge in [-0.05, 0) is 32.1 Å². The molecule has 0 radical (unpaired) electrons. The topological polar surface area (TPSA) is 173 Å². The molecule has 0 fully saturated rings. The maximum Gasteiger partial charge on any atom is 0.341 e. The number of carbonyl (C=O) groups is 6. The van der Waals surface area contributed by atoms with Crippen LogP contribution in [0, 0.1) is 6.92 Å². The van der Waals surface area contributed by atoms with Crippen LogP contribution >= 0.6 is 23.6 Å². The van der Waals surface area contributed by atoms with Crippen LogP contribution in [0.15, 0.2) is 6.07 Å². The summed E-state index contributed by atoms with van der Waals surface area (Å²) < 4.78 is 25.2. The molecule has 1 aromatic heterocycles. The fourth-order valence-corrected chi connectivity index (χ4v) is 4.04. The van der Waals surface area contributed by atoms with Crippen LogP contribution in [-0.2, 0) is 47.7 Å². The summed E-state index contributed by atoms with van der Waals surface area (Å²) in [5, 5.41) is 4.99. The second-order valence-electron chi connectivity index (χ2n) is 7.32. The number of anilines is 1. The van der Waals surface area contributed by atoms with Crippen molar-refractivity contribution in [1.82, 2.24) is 5.32 Å². The van der Waals surface area contributed by atoms with E-state index >= 15 is 0 Å². The van der Waals surface area contributed by atoms with Gasteiger partial charge in [-0.25, -0.2) is 4.79 Å². The van der Waals surface area contributed by atoms with Crippen LogP contribution in [0.3, 0.4) is 0 Å². The van der Waals surface area contributed by atoms with E-state index in [-0.39, 0.29) is 22.3 Å². The van der Waals surface area contributed by atoms with E-state index in [2.05, 4.69) is 10.6 Å². The molecule has 13 nitrogen and oxygen atoms in total. The van der Waals surface area contributed by atoms with Crippen molar-refractivity contribution in [2.45, 2.75) is 59.9 Å². The summed E-state index contributed by atoms with van der Waals surface area (Å²) in [7, 11) is 0. The second kappa shape index (κ2) is 14.8. The highest BCUT2D eigenvalue weighted by atomic mass is 32.1. The maximum atomic E-state index is 13.1. The van der Waals surface area contributed by atoms with E-state index in [1.807, 2.05) is 0 Å². The van der Waals surface area contributed by atoms with Crippen LogP contribution in [-0.4, -0.2) is 72.4 Å². The SMILES string of the molecule is CCOC(=O)c1cc(C)sc1NC(=S)NC(=O)C(OC(C)=O)C(OC(C)=O)C(COC(C)=O)OC(C)=O. The lowest BCUT2D eigenvalue weighted by atomic mass is 10.1. The van der Waals surface area contributed by atoms with Crippen molar-refractivity contribution in [3.8, 4) is 0 Å². The quantitative estimate of drug-likeness (QED) is 0.226. The first-order valence-electron chi connectivity index (χ1n) is 10.8. The normalized spacial score (nSPS) is 12.7. The Balaban J connectivity index is 3.24. The lowest BCUT2D eigenvalue weighted by molar-refractivity contribution is -0.190. The predicted octanol–water partition coefficient (Wildman–Crippen LogP) is 1.40. The monoisotopic (exact) mass is 560 g/mol. The van der Waals surface area contributed by atoms with Crippen LogP contribution in [0.4, 0.5) is 5.00 Å². The summed E-state index contributed by atoms with van der Waals surface area (Å²) in [5.41, 5.74) is 0.187. The van der Waals surface area contributed by atoms with Crippen LogP contribution in [0.5, 0.6) is 0 Å². The molecule has 1 amide bonds. The molecule has 0 saturated carbocycles. The molecule has 0 saturated heterocycles. The van der Waals surface area contributed by atoms with Gasteiger partial charge in [-0.15, -0.1) is 11.3 Å². The third-order valence-electron chi connectivity index (χ3n) is 4.10. The molecular formula is C22H28N2O11S2. The van der Waals surface area contributed by atoms with Crippen LogP contribution in [0.25, 0.3) is 0 Å². The van der Waals surface area contributed by atoms with Crippen molar-refractivity contribution in [1.29, 1.82) is 0 Å². The molecule has 2 N–H and O–H groups in total. The van der Waals surface area contributed by atoms with Gasteiger partial charge in [0.2, 0.25) is 6.10 Å². The minimum Gasteiger partial charge on any atom is -0.462 e. The van der Waals surface area contributed by atoms with Crippen molar-refractivity contribution >= 4 is 69.4 Å². The van der Waals surface area contributed by atoms with Gasteiger partial charge in [-0.1, -0.05) is 0 Å². The fraction of sp³-hybridized carbons (Fsp3) is 0.500. The first-order chi connectivity index (χ1) is 17.2. The van der Waals surface area contributed by atoms with Crippen molar-refractivity contribution in [2.75, 3.05) is 18.5 Å². The molecule has 0 bridgehead atoms. The first kappa shape index (κ1) is 31.4. The number of rotatable bonds is 11. The minimum absolute atomic E-state index is 0.146. The summed E-state index contributed by atoms with van der Waals surface area (Å²) >= 11 is 6.34. The van der Waals surface area contributed by atoms with E-state index < -0.39 is 60.7 Å². The second-order valence-corrected chi connectivity index (χ2v) is 8.98. The smallest absolute Gasteiger partial charge is 0.341 e. The van der Waals surface area contributed by atoms with E-state index in [0.717, 1.165) is 32.6 Å². The zero-order chi connectivity index (χ0) is 28.3. The Kier molecular flexibility index (Phi) is 12.6. The van der Waals surface area contributed by atoms with E-state index in [9.17, 15) is 28.8 Å². The van der Waals surface area contributed by atoms with Crippen LogP contribution in [0.2, 0.25) is 0 Å².